The number of carbonyl (C=O) groups excluding carboxylic acids is 1. The summed E-state index contributed by atoms with van der Waals surface area (Å²) in [6, 6.07) is 19.1. The lowest BCUT2D eigenvalue weighted by Crippen LogP contribution is -2.31. The van der Waals surface area contributed by atoms with E-state index in [1.165, 1.54) is 27.7 Å². The molecule has 0 amide bonds. The van der Waals surface area contributed by atoms with Crippen LogP contribution in [0, 0.1) is 0 Å². The van der Waals surface area contributed by atoms with Gasteiger partial charge in [-0.05, 0) is 43.4 Å². The highest BCUT2D eigenvalue weighted by Gasteiger charge is 2.36. The van der Waals surface area contributed by atoms with Gasteiger partial charge in [-0.2, -0.15) is 0 Å². The van der Waals surface area contributed by atoms with Gasteiger partial charge in [-0.1, -0.05) is 48.5 Å². The van der Waals surface area contributed by atoms with Crippen molar-refractivity contribution in [2.45, 2.75) is 38.1 Å². The van der Waals surface area contributed by atoms with Crippen LogP contribution in [0.25, 0.3) is 10.9 Å². The van der Waals surface area contributed by atoms with Crippen molar-refractivity contribution in [1.82, 2.24) is 4.57 Å². The van der Waals surface area contributed by atoms with Crippen molar-refractivity contribution in [2.24, 2.45) is 0 Å². The minimum Gasteiger partial charge on any atom is -0.339 e. The SMILES string of the molecule is C[C@]1(C=O)CCCc2c1n(Cc1ccccc1)c1ccccc21. The van der Waals surface area contributed by atoms with Crippen molar-refractivity contribution in [2.75, 3.05) is 0 Å². The zero-order chi connectivity index (χ0) is 15.9. The summed E-state index contributed by atoms with van der Waals surface area (Å²) in [5, 5.41) is 1.31. The highest BCUT2D eigenvalue weighted by molar-refractivity contribution is 5.88. The maximum atomic E-state index is 11.9. The van der Waals surface area contributed by atoms with Gasteiger partial charge in [0.2, 0.25) is 0 Å². The van der Waals surface area contributed by atoms with Crippen LogP contribution >= 0.6 is 0 Å². The molecule has 0 saturated heterocycles. The molecule has 2 nitrogen and oxygen atoms in total. The second kappa shape index (κ2) is 5.38. The average Bonchev–Trinajstić information content (AvgIpc) is 2.92. The normalized spacial score (nSPS) is 20.4. The number of fused-ring (bicyclic) bond motifs is 3. The fourth-order valence-electron chi connectivity index (χ4n) is 4.08. The van der Waals surface area contributed by atoms with E-state index >= 15 is 0 Å². The largest absolute Gasteiger partial charge is 0.339 e. The third-order valence-corrected chi connectivity index (χ3v) is 5.18. The molecule has 2 aromatic carbocycles. The Kier molecular flexibility index (Phi) is 3.33. The summed E-state index contributed by atoms with van der Waals surface area (Å²) in [7, 11) is 0. The highest BCUT2D eigenvalue weighted by Crippen LogP contribution is 2.41. The van der Waals surface area contributed by atoms with Gasteiger partial charge in [0.15, 0.2) is 0 Å². The van der Waals surface area contributed by atoms with Gasteiger partial charge < -0.3 is 9.36 Å². The van der Waals surface area contributed by atoms with E-state index in [9.17, 15) is 4.79 Å². The van der Waals surface area contributed by atoms with E-state index in [0.717, 1.165) is 32.1 Å². The van der Waals surface area contributed by atoms with Crippen molar-refractivity contribution in [3.05, 3.63) is 71.4 Å². The number of hydrogen-bond donors (Lipinski definition) is 0. The van der Waals surface area contributed by atoms with Gasteiger partial charge in [0, 0.05) is 23.1 Å². The van der Waals surface area contributed by atoms with E-state index < -0.39 is 0 Å². The van der Waals surface area contributed by atoms with Crippen LogP contribution in [0.2, 0.25) is 0 Å². The van der Waals surface area contributed by atoms with Crippen molar-refractivity contribution >= 4 is 17.2 Å². The summed E-state index contributed by atoms with van der Waals surface area (Å²) < 4.78 is 2.37. The number of benzene rings is 2. The standard InChI is InChI=1S/C21H21NO/c1-21(15-23)13-7-11-18-17-10-5-6-12-19(17)22(20(18)21)14-16-8-3-2-4-9-16/h2-6,8-10,12,15H,7,11,13-14H2,1H3/t21-/m1/s1. The number of rotatable bonds is 3. The second-order valence-corrected chi connectivity index (χ2v) is 6.80. The van der Waals surface area contributed by atoms with Crippen LogP contribution in [0.1, 0.15) is 36.6 Å². The van der Waals surface area contributed by atoms with Crippen molar-refractivity contribution < 1.29 is 4.79 Å². The predicted molar refractivity (Wildman–Crippen MR) is 93.8 cm³/mol. The molecule has 4 rings (SSSR count). The topological polar surface area (TPSA) is 22.0 Å². The lowest BCUT2D eigenvalue weighted by molar-refractivity contribution is -0.112. The van der Waals surface area contributed by atoms with Crippen molar-refractivity contribution in [3.63, 3.8) is 0 Å². The first-order valence-electron chi connectivity index (χ1n) is 8.34. The van der Waals surface area contributed by atoms with E-state index in [-0.39, 0.29) is 5.41 Å². The smallest absolute Gasteiger partial charge is 0.131 e. The minimum atomic E-state index is -0.374. The number of aryl methyl sites for hydroxylation is 1. The molecule has 0 unspecified atom stereocenters. The van der Waals surface area contributed by atoms with E-state index in [1.54, 1.807) is 0 Å². The first-order valence-corrected chi connectivity index (χ1v) is 8.34. The Balaban J connectivity index is 1.99. The molecule has 0 bridgehead atoms. The molecule has 1 aliphatic carbocycles. The summed E-state index contributed by atoms with van der Waals surface area (Å²) >= 11 is 0. The monoisotopic (exact) mass is 303 g/mol. The number of aldehydes is 1. The number of carbonyl (C=O) groups is 1. The van der Waals surface area contributed by atoms with Crippen LogP contribution in [-0.2, 0) is 23.2 Å². The van der Waals surface area contributed by atoms with Gasteiger partial charge in [0.25, 0.3) is 0 Å². The Morgan fingerprint density at radius 3 is 2.61 bits per heavy atom. The highest BCUT2D eigenvalue weighted by atomic mass is 16.1. The summed E-state index contributed by atoms with van der Waals surface area (Å²) in [5.41, 5.74) is 4.74. The fraction of sp³-hybridized carbons (Fsp3) is 0.286. The van der Waals surface area contributed by atoms with Gasteiger partial charge in [0.05, 0.1) is 5.41 Å². The Labute approximate surface area is 136 Å². The lowest BCUT2D eigenvalue weighted by Gasteiger charge is -2.31. The van der Waals surface area contributed by atoms with Crippen LogP contribution in [0.4, 0.5) is 0 Å². The van der Waals surface area contributed by atoms with Crippen LogP contribution < -0.4 is 0 Å². The Morgan fingerprint density at radius 1 is 1.09 bits per heavy atom. The van der Waals surface area contributed by atoms with Gasteiger partial charge in [0.1, 0.15) is 6.29 Å². The summed E-state index contributed by atoms with van der Waals surface area (Å²) in [5.74, 6) is 0. The summed E-state index contributed by atoms with van der Waals surface area (Å²) in [4.78, 5) is 11.9. The molecule has 0 spiro atoms. The molecule has 1 aromatic heterocycles. The maximum Gasteiger partial charge on any atom is 0.131 e. The number of nitrogens with zero attached hydrogens (tertiary/aromatic N) is 1. The average molecular weight is 303 g/mol. The number of para-hydroxylation sites is 1. The second-order valence-electron chi connectivity index (χ2n) is 6.80. The molecule has 0 N–H and O–H groups in total. The molecule has 3 aromatic rings. The Bertz CT molecular complexity index is 862. The van der Waals surface area contributed by atoms with Gasteiger partial charge in [-0.15, -0.1) is 0 Å². The van der Waals surface area contributed by atoms with Crippen molar-refractivity contribution in [3.8, 4) is 0 Å². The molecule has 23 heavy (non-hydrogen) atoms. The molecule has 1 heterocycles. The van der Waals surface area contributed by atoms with Crippen LogP contribution in [-0.4, -0.2) is 10.9 Å². The van der Waals surface area contributed by atoms with Gasteiger partial charge in [-0.3, -0.25) is 0 Å². The van der Waals surface area contributed by atoms with E-state index in [0.29, 0.717) is 0 Å². The van der Waals surface area contributed by atoms with Gasteiger partial charge >= 0.3 is 0 Å². The molecule has 116 valence electrons. The third kappa shape index (κ3) is 2.21. The minimum absolute atomic E-state index is 0.374. The Morgan fingerprint density at radius 2 is 1.83 bits per heavy atom. The number of hydrogen-bond acceptors (Lipinski definition) is 1. The predicted octanol–water partition coefficient (Wildman–Crippen LogP) is 4.48. The Hall–Kier alpha value is -2.35. The molecule has 2 heteroatoms. The zero-order valence-electron chi connectivity index (χ0n) is 13.5. The molecule has 1 aliphatic rings. The molecule has 0 fully saturated rings. The van der Waals surface area contributed by atoms with E-state index in [2.05, 4.69) is 60.0 Å². The maximum absolute atomic E-state index is 11.9. The molecule has 0 radical (unpaired) electrons. The molecule has 0 aliphatic heterocycles. The van der Waals surface area contributed by atoms with E-state index in [1.807, 2.05) is 6.07 Å². The molecular formula is C21H21NO. The van der Waals surface area contributed by atoms with E-state index in [4.69, 9.17) is 0 Å². The van der Waals surface area contributed by atoms with Crippen LogP contribution in [0.15, 0.2) is 54.6 Å². The zero-order valence-corrected chi connectivity index (χ0v) is 13.5. The first-order chi connectivity index (χ1) is 11.2. The molecule has 0 saturated carbocycles. The third-order valence-electron chi connectivity index (χ3n) is 5.18. The molecular weight excluding hydrogens is 282 g/mol. The first kappa shape index (κ1) is 14.3. The fourth-order valence-corrected chi connectivity index (χ4v) is 4.08. The van der Waals surface area contributed by atoms with Crippen molar-refractivity contribution in [1.29, 1.82) is 0 Å². The van der Waals surface area contributed by atoms with Crippen LogP contribution in [0.5, 0.6) is 0 Å². The quantitative estimate of drug-likeness (QED) is 0.654. The number of aromatic nitrogens is 1. The van der Waals surface area contributed by atoms with Gasteiger partial charge in [-0.25, -0.2) is 0 Å². The summed E-state index contributed by atoms with van der Waals surface area (Å²) in [6.07, 6.45) is 4.25. The summed E-state index contributed by atoms with van der Waals surface area (Å²) in [6.45, 7) is 2.92. The lowest BCUT2D eigenvalue weighted by atomic mass is 9.75. The molecule has 1 atom stereocenters. The van der Waals surface area contributed by atoms with Crippen LogP contribution in [0.3, 0.4) is 0 Å².